The van der Waals surface area contributed by atoms with Crippen LogP contribution in [0.1, 0.15) is 5.56 Å². The van der Waals surface area contributed by atoms with Gasteiger partial charge in [0.05, 0.1) is 37.0 Å². The molecule has 1 aromatic rings. The zero-order chi connectivity index (χ0) is 23.8. The number of aliphatic hydroxyl groups is 6. The lowest BCUT2D eigenvalue weighted by molar-refractivity contribution is -0.289. The fourth-order valence-electron chi connectivity index (χ4n) is 3.35. The topological polar surface area (TPSA) is 168 Å². The molecule has 0 amide bonds. The molecule has 11 nitrogen and oxygen atoms in total. The zero-order valence-electron chi connectivity index (χ0n) is 17.2. The zero-order valence-corrected chi connectivity index (χ0v) is 18.7. The maximum absolute atomic E-state index is 10.3. The molecule has 13 heteroatoms. The first-order chi connectivity index (χ1) is 15.0. The molecule has 2 aliphatic rings. The molecule has 32 heavy (non-hydrogen) atoms. The smallest absolute Gasteiger partial charge is 0.229 e. The van der Waals surface area contributed by atoms with E-state index in [1.165, 1.54) is 13.2 Å². The van der Waals surface area contributed by atoms with Gasteiger partial charge in [-0.05, 0) is 12.5 Å². The second kappa shape index (κ2) is 10.1. The Morgan fingerprint density at radius 3 is 2.31 bits per heavy atom. The number of aliphatic hydroxyl groups excluding tert-OH is 5. The minimum Gasteiger partial charge on any atom is -0.495 e. The van der Waals surface area contributed by atoms with Crippen molar-refractivity contribution in [1.82, 2.24) is 0 Å². The Morgan fingerprint density at radius 2 is 1.72 bits per heavy atom. The van der Waals surface area contributed by atoms with E-state index >= 15 is 0 Å². The summed E-state index contributed by atoms with van der Waals surface area (Å²) in [5.41, 5.74) is -1.43. The van der Waals surface area contributed by atoms with E-state index < -0.39 is 61.9 Å². The second-order valence-electron chi connectivity index (χ2n) is 7.68. The lowest BCUT2D eigenvalue weighted by Crippen LogP contribution is -2.60. The number of hydrogen-bond acceptors (Lipinski definition) is 11. The molecule has 2 fully saturated rings. The van der Waals surface area contributed by atoms with Gasteiger partial charge in [-0.25, -0.2) is 0 Å². The summed E-state index contributed by atoms with van der Waals surface area (Å²) in [6, 6.07) is 1.38. The van der Waals surface area contributed by atoms with Crippen molar-refractivity contribution in [2.24, 2.45) is 0 Å². The summed E-state index contributed by atoms with van der Waals surface area (Å²) in [6.45, 7) is 0.105. The summed E-state index contributed by atoms with van der Waals surface area (Å²) in [4.78, 5) is 0. The monoisotopic (exact) mass is 500 g/mol. The quantitative estimate of drug-likeness (QED) is 0.270. The minimum absolute atomic E-state index is 0.0558. The maximum Gasteiger partial charge on any atom is 0.229 e. The van der Waals surface area contributed by atoms with Gasteiger partial charge >= 0.3 is 0 Å². The molecule has 6 N–H and O–H groups in total. The van der Waals surface area contributed by atoms with Crippen molar-refractivity contribution in [1.29, 1.82) is 0 Å². The summed E-state index contributed by atoms with van der Waals surface area (Å²) in [5, 5.41) is 60.5. The van der Waals surface area contributed by atoms with Crippen molar-refractivity contribution in [3.8, 4) is 11.5 Å². The molecule has 182 valence electrons. The van der Waals surface area contributed by atoms with Crippen LogP contribution in [-0.4, -0.2) is 106 Å². The van der Waals surface area contributed by atoms with E-state index in [4.69, 9.17) is 46.9 Å². The molecule has 1 aromatic carbocycles. The molecule has 0 bridgehead atoms. The van der Waals surface area contributed by atoms with Gasteiger partial charge in [-0.3, -0.25) is 0 Å². The molecule has 0 aliphatic carbocycles. The SMILES string of the molecule is COc1cc(O[C@@H]2O[C@H](CO[C@@H]3OCC(O)(CO)[C@H]3O)[C@@H](O)[C@@H](O)[C@H]2O)c(Cl)c(C)c1Cl. The first-order valence-electron chi connectivity index (χ1n) is 9.67. The summed E-state index contributed by atoms with van der Waals surface area (Å²) in [6.07, 6.45) is -10.4. The third kappa shape index (κ3) is 4.79. The fourth-order valence-corrected chi connectivity index (χ4v) is 3.82. The van der Waals surface area contributed by atoms with Gasteiger partial charge in [0.25, 0.3) is 0 Å². The van der Waals surface area contributed by atoms with Gasteiger partial charge in [-0.15, -0.1) is 0 Å². The first-order valence-corrected chi connectivity index (χ1v) is 10.4. The van der Waals surface area contributed by atoms with Crippen LogP contribution >= 0.6 is 23.2 Å². The molecule has 0 aromatic heterocycles. The molecule has 3 rings (SSSR count). The van der Waals surface area contributed by atoms with Crippen LogP contribution in [0.5, 0.6) is 11.5 Å². The highest BCUT2D eigenvalue weighted by atomic mass is 35.5. The molecule has 1 unspecified atom stereocenters. The third-order valence-corrected chi connectivity index (χ3v) is 6.43. The van der Waals surface area contributed by atoms with Crippen LogP contribution in [0.3, 0.4) is 0 Å². The Labute approximate surface area is 193 Å². The van der Waals surface area contributed by atoms with Crippen molar-refractivity contribution < 1.29 is 54.3 Å². The number of rotatable bonds is 7. The Balaban J connectivity index is 1.72. The summed E-state index contributed by atoms with van der Waals surface area (Å²) in [5.74, 6) is 0.318. The van der Waals surface area contributed by atoms with E-state index in [-0.39, 0.29) is 28.2 Å². The average Bonchev–Trinajstić information content (AvgIpc) is 3.07. The predicted octanol–water partition coefficient (Wildman–Crippen LogP) is -1.05. The fraction of sp³-hybridized carbons (Fsp3) is 0.684. The number of benzene rings is 1. The largest absolute Gasteiger partial charge is 0.495 e. The van der Waals surface area contributed by atoms with E-state index in [0.717, 1.165) is 0 Å². The molecule has 2 heterocycles. The third-order valence-electron chi connectivity index (χ3n) is 5.49. The predicted molar refractivity (Wildman–Crippen MR) is 109 cm³/mol. The van der Waals surface area contributed by atoms with Crippen molar-refractivity contribution in [3.63, 3.8) is 0 Å². The first kappa shape index (κ1) is 25.7. The van der Waals surface area contributed by atoms with Gasteiger partial charge in [-0.1, -0.05) is 23.2 Å². The standard InChI is InChI=1S/C19H26Cl2O11/c1-7-11(20)8(28-2)3-9(12(7)21)31-17-15(25)14(24)13(23)10(32-17)4-29-18-16(26)19(27,5-22)6-30-18/h3,10,13-18,22-27H,4-6H2,1-2H3/t10-,13-,14-,15-,16+,17-,18-,19?/m1/s1. The average molecular weight is 501 g/mol. The lowest BCUT2D eigenvalue weighted by Gasteiger charge is -2.40. The molecule has 2 saturated heterocycles. The van der Waals surface area contributed by atoms with Crippen LogP contribution in [0.2, 0.25) is 10.0 Å². The minimum atomic E-state index is -1.89. The van der Waals surface area contributed by atoms with Gasteiger partial charge < -0.3 is 54.3 Å². The van der Waals surface area contributed by atoms with Crippen LogP contribution in [0.25, 0.3) is 0 Å². The van der Waals surface area contributed by atoms with Crippen LogP contribution in [0.15, 0.2) is 6.07 Å². The highest BCUT2D eigenvalue weighted by molar-refractivity contribution is 6.37. The summed E-state index contributed by atoms with van der Waals surface area (Å²) >= 11 is 12.4. The van der Waals surface area contributed by atoms with Gasteiger partial charge in [0, 0.05) is 6.07 Å². The highest BCUT2D eigenvalue weighted by Gasteiger charge is 2.50. The van der Waals surface area contributed by atoms with E-state index in [9.17, 15) is 30.6 Å². The molecular formula is C19H26Cl2O11. The number of methoxy groups -OCH3 is 1. The van der Waals surface area contributed by atoms with Crippen molar-refractivity contribution in [3.05, 3.63) is 21.7 Å². The van der Waals surface area contributed by atoms with Gasteiger partial charge in [-0.2, -0.15) is 0 Å². The molecule has 0 saturated carbocycles. The summed E-state index contributed by atoms with van der Waals surface area (Å²) in [7, 11) is 1.40. The van der Waals surface area contributed by atoms with Crippen molar-refractivity contribution in [2.45, 2.75) is 55.6 Å². The number of ether oxygens (including phenoxy) is 5. The van der Waals surface area contributed by atoms with Crippen LogP contribution in [-0.2, 0) is 14.2 Å². The van der Waals surface area contributed by atoms with E-state index in [1.54, 1.807) is 6.92 Å². The van der Waals surface area contributed by atoms with Crippen LogP contribution in [0, 0.1) is 6.92 Å². The lowest BCUT2D eigenvalue weighted by atomic mass is 9.99. The van der Waals surface area contributed by atoms with E-state index in [1.807, 2.05) is 0 Å². The number of hydrogen-bond donors (Lipinski definition) is 6. The van der Waals surface area contributed by atoms with E-state index in [2.05, 4.69) is 0 Å². The van der Waals surface area contributed by atoms with Crippen molar-refractivity contribution >= 4 is 23.2 Å². The highest BCUT2D eigenvalue weighted by Crippen LogP contribution is 2.41. The number of halogens is 2. The Hall–Kier alpha value is -0.960. The van der Waals surface area contributed by atoms with E-state index in [0.29, 0.717) is 5.56 Å². The Kier molecular flexibility index (Phi) is 8.11. The second-order valence-corrected chi connectivity index (χ2v) is 8.44. The van der Waals surface area contributed by atoms with Gasteiger partial charge in [0.15, 0.2) is 6.29 Å². The van der Waals surface area contributed by atoms with Gasteiger partial charge in [0.1, 0.15) is 47.6 Å². The Bertz CT molecular complexity index is 812. The molecule has 0 spiro atoms. The Morgan fingerprint density at radius 1 is 1.06 bits per heavy atom. The van der Waals surface area contributed by atoms with Crippen LogP contribution < -0.4 is 9.47 Å². The molecule has 0 radical (unpaired) electrons. The van der Waals surface area contributed by atoms with Crippen LogP contribution in [0.4, 0.5) is 0 Å². The molecule has 8 atom stereocenters. The normalized spacial score (nSPS) is 37.5. The van der Waals surface area contributed by atoms with Gasteiger partial charge in [0.2, 0.25) is 6.29 Å². The van der Waals surface area contributed by atoms with Crippen molar-refractivity contribution in [2.75, 3.05) is 26.9 Å². The maximum atomic E-state index is 10.3. The molecular weight excluding hydrogens is 475 g/mol. The molecule has 2 aliphatic heterocycles. The summed E-state index contributed by atoms with van der Waals surface area (Å²) < 4.78 is 26.9.